The number of rotatable bonds is 2. The van der Waals surface area contributed by atoms with Crippen molar-refractivity contribution in [1.29, 1.82) is 0 Å². The Morgan fingerprint density at radius 3 is 2.83 bits per heavy atom. The zero-order chi connectivity index (χ0) is 13.1. The van der Waals surface area contributed by atoms with Gasteiger partial charge < -0.3 is 5.32 Å². The van der Waals surface area contributed by atoms with Crippen molar-refractivity contribution in [3.05, 3.63) is 58.1 Å². The summed E-state index contributed by atoms with van der Waals surface area (Å²) in [6.45, 7) is 1.92. The fourth-order valence-electron chi connectivity index (χ4n) is 1.41. The molecule has 0 saturated carbocycles. The Balaban J connectivity index is 2.22. The molecule has 1 heterocycles. The lowest BCUT2D eigenvalue weighted by atomic mass is 10.1. The number of nitrogens with zero attached hydrogens (tertiary/aromatic N) is 1. The first-order valence-corrected chi connectivity index (χ1v) is 6.04. The van der Waals surface area contributed by atoms with E-state index in [-0.39, 0.29) is 11.6 Å². The van der Waals surface area contributed by atoms with Crippen LogP contribution in [-0.4, -0.2) is 10.9 Å². The maximum atomic E-state index is 13.3. The van der Waals surface area contributed by atoms with Crippen molar-refractivity contribution in [3.8, 4) is 0 Å². The van der Waals surface area contributed by atoms with Crippen LogP contribution in [-0.2, 0) is 0 Å². The number of halogens is 2. The largest absolute Gasteiger partial charge is 0.319 e. The molecular weight excluding hydrogens is 299 g/mol. The molecule has 92 valence electrons. The predicted octanol–water partition coefficient (Wildman–Crippen LogP) is 3.54. The summed E-state index contributed by atoms with van der Waals surface area (Å²) in [5.74, 6) is -0.919. The molecule has 3 nitrogen and oxygen atoms in total. The molecule has 0 fully saturated rings. The van der Waals surface area contributed by atoms with E-state index in [0.717, 1.165) is 16.2 Å². The fourth-order valence-corrected chi connectivity index (χ4v) is 1.78. The van der Waals surface area contributed by atoms with E-state index in [1.165, 1.54) is 12.3 Å². The summed E-state index contributed by atoms with van der Waals surface area (Å²) in [5, 5.41) is 2.50. The highest BCUT2D eigenvalue weighted by molar-refractivity contribution is 9.10. The van der Waals surface area contributed by atoms with Crippen LogP contribution in [0, 0.1) is 12.7 Å². The Labute approximate surface area is 112 Å². The number of amides is 1. The van der Waals surface area contributed by atoms with E-state index in [1.807, 2.05) is 13.0 Å². The van der Waals surface area contributed by atoms with E-state index in [4.69, 9.17) is 0 Å². The number of nitrogens with one attached hydrogen (secondary N) is 1. The van der Waals surface area contributed by atoms with Crippen LogP contribution in [0.3, 0.4) is 0 Å². The SMILES string of the molecule is Cc1ccc(C(=O)Nc2ccncc2F)cc1Br. The van der Waals surface area contributed by atoms with Gasteiger partial charge in [-0.3, -0.25) is 9.78 Å². The van der Waals surface area contributed by atoms with Crippen LogP contribution in [0.15, 0.2) is 41.1 Å². The van der Waals surface area contributed by atoms with Crippen LogP contribution in [0.2, 0.25) is 0 Å². The van der Waals surface area contributed by atoms with Crippen LogP contribution in [0.25, 0.3) is 0 Å². The van der Waals surface area contributed by atoms with Crippen molar-refractivity contribution < 1.29 is 9.18 Å². The molecule has 18 heavy (non-hydrogen) atoms. The van der Waals surface area contributed by atoms with Gasteiger partial charge in [-0.05, 0) is 30.7 Å². The van der Waals surface area contributed by atoms with E-state index in [9.17, 15) is 9.18 Å². The third kappa shape index (κ3) is 2.73. The lowest BCUT2D eigenvalue weighted by molar-refractivity contribution is 0.102. The molecule has 0 aliphatic carbocycles. The first-order valence-electron chi connectivity index (χ1n) is 5.25. The van der Waals surface area contributed by atoms with Gasteiger partial charge in [-0.25, -0.2) is 4.39 Å². The number of hydrogen-bond donors (Lipinski definition) is 1. The highest BCUT2D eigenvalue weighted by Gasteiger charge is 2.10. The molecule has 1 amide bonds. The van der Waals surface area contributed by atoms with Gasteiger partial charge in [0.2, 0.25) is 0 Å². The van der Waals surface area contributed by atoms with Gasteiger partial charge in [-0.15, -0.1) is 0 Å². The second-order valence-electron chi connectivity index (χ2n) is 3.77. The van der Waals surface area contributed by atoms with Crippen LogP contribution in [0.1, 0.15) is 15.9 Å². The minimum atomic E-state index is -0.558. The molecule has 0 atom stereocenters. The molecule has 1 aromatic heterocycles. The van der Waals surface area contributed by atoms with Gasteiger partial charge in [0.05, 0.1) is 11.9 Å². The van der Waals surface area contributed by atoms with Gasteiger partial charge in [0, 0.05) is 16.2 Å². The Morgan fingerprint density at radius 1 is 1.39 bits per heavy atom. The highest BCUT2D eigenvalue weighted by Crippen LogP contribution is 2.19. The summed E-state index contributed by atoms with van der Waals surface area (Å²) in [6, 6.07) is 6.62. The monoisotopic (exact) mass is 308 g/mol. The Bertz CT molecular complexity index is 601. The van der Waals surface area contributed by atoms with Crippen molar-refractivity contribution in [3.63, 3.8) is 0 Å². The summed E-state index contributed by atoms with van der Waals surface area (Å²) in [5.41, 5.74) is 1.61. The first kappa shape index (κ1) is 12.7. The topological polar surface area (TPSA) is 42.0 Å². The van der Waals surface area contributed by atoms with E-state index in [2.05, 4.69) is 26.2 Å². The summed E-state index contributed by atoms with van der Waals surface area (Å²) in [6.07, 6.45) is 2.48. The number of anilines is 1. The molecule has 0 bridgehead atoms. The number of aryl methyl sites for hydroxylation is 1. The van der Waals surface area contributed by atoms with Crippen molar-refractivity contribution in [1.82, 2.24) is 4.98 Å². The predicted molar refractivity (Wildman–Crippen MR) is 71.0 cm³/mol. The molecule has 1 N–H and O–H groups in total. The normalized spacial score (nSPS) is 10.2. The first-order chi connectivity index (χ1) is 8.58. The minimum absolute atomic E-state index is 0.117. The quantitative estimate of drug-likeness (QED) is 0.922. The molecule has 1 aromatic carbocycles. The van der Waals surface area contributed by atoms with Crippen molar-refractivity contribution in [2.75, 3.05) is 5.32 Å². The summed E-state index contributed by atoms with van der Waals surface area (Å²) in [4.78, 5) is 15.5. The van der Waals surface area contributed by atoms with Gasteiger partial charge in [-0.1, -0.05) is 22.0 Å². The van der Waals surface area contributed by atoms with Crippen molar-refractivity contribution in [2.45, 2.75) is 6.92 Å². The van der Waals surface area contributed by atoms with Crippen molar-refractivity contribution in [2.24, 2.45) is 0 Å². The number of benzene rings is 1. The van der Waals surface area contributed by atoms with E-state index < -0.39 is 5.82 Å². The van der Waals surface area contributed by atoms with Gasteiger partial charge in [0.25, 0.3) is 5.91 Å². The number of pyridine rings is 1. The maximum absolute atomic E-state index is 13.3. The third-order valence-electron chi connectivity index (χ3n) is 2.45. The zero-order valence-corrected chi connectivity index (χ0v) is 11.2. The molecule has 0 aliphatic rings. The summed E-state index contributed by atoms with van der Waals surface area (Å²) in [7, 11) is 0. The summed E-state index contributed by atoms with van der Waals surface area (Å²) < 4.78 is 14.2. The van der Waals surface area contributed by atoms with Crippen LogP contribution in [0.5, 0.6) is 0 Å². The van der Waals surface area contributed by atoms with Crippen molar-refractivity contribution >= 4 is 27.5 Å². The number of hydrogen-bond acceptors (Lipinski definition) is 2. The molecule has 0 spiro atoms. The molecule has 0 saturated heterocycles. The number of aromatic nitrogens is 1. The lowest BCUT2D eigenvalue weighted by Gasteiger charge is -2.07. The average Bonchev–Trinajstić information content (AvgIpc) is 2.35. The smallest absolute Gasteiger partial charge is 0.255 e. The van der Waals surface area contributed by atoms with Crippen LogP contribution < -0.4 is 5.32 Å². The van der Waals surface area contributed by atoms with Gasteiger partial charge in [-0.2, -0.15) is 0 Å². The van der Waals surface area contributed by atoms with Gasteiger partial charge >= 0.3 is 0 Å². The average molecular weight is 309 g/mol. The van der Waals surface area contributed by atoms with E-state index in [0.29, 0.717) is 5.56 Å². The second kappa shape index (κ2) is 5.27. The van der Waals surface area contributed by atoms with E-state index >= 15 is 0 Å². The van der Waals surface area contributed by atoms with E-state index in [1.54, 1.807) is 12.1 Å². The standard InChI is InChI=1S/C13H10BrFN2O/c1-8-2-3-9(6-10(8)14)13(18)17-12-4-5-16-7-11(12)15/h2-7H,1H3,(H,16,17,18). The molecular formula is C13H10BrFN2O. The molecule has 2 aromatic rings. The molecule has 0 radical (unpaired) electrons. The lowest BCUT2D eigenvalue weighted by Crippen LogP contribution is -2.13. The second-order valence-corrected chi connectivity index (χ2v) is 4.63. The van der Waals surface area contributed by atoms with Gasteiger partial charge in [0.15, 0.2) is 5.82 Å². The highest BCUT2D eigenvalue weighted by atomic mass is 79.9. The molecule has 0 aliphatic heterocycles. The third-order valence-corrected chi connectivity index (χ3v) is 3.31. The van der Waals surface area contributed by atoms with Crippen LogP contribution >= 0.6 is 15.9 Å². The maximum Gasteiger partial charge on any atom is 0.255 e. The zero-order valence-electron chi connectivity index (χ0n) is 9.58. The van der Waals surface area contributed by atoms with Crippen LogP contribution in [0.4, 0.5) is 10.1 Å². The Morgan fingerprint density at radius 2 is 2.17 bits per heavy atom. The molecule has 0 unspecified atom stereocenters. The molecule has 2 rings (SSSR count). The minimum Gasteiger partial charge on any atom is -0.319 e. The molecule has 5 heteroatoms. The van der Waals surface area contributed by atoms with Gasteiger partial charge in [0.1, 0.15) is 0 Å². The summed E-state index contributed by atoms with van der Waals surface area (Å²) >= 11 is 3.35. The fraction of sp³-hybridized carbons (Fsp3) is 0.0769. The number of carbonyl (C=O) groups is 1. The Kier molecular flexibility index (Phi) is 3.72. The Hall–Kier alpha value is -1.75. The number of carbonyl (C=O) groups excluding carboxylic acids is 1.